The van der Waals surface area contributed by atoms with Gasteiger partial charge in [0.2, 0.25) is 0 Å². The zero-order chi connectivity index (χ0) is 12.8. The number of ether oxygens (including phenoxy) is 1. The van der Waals surface area contributed by atoms with Crippen molar-refractivity contribution in [2.45, 2.75) is 13.2 Å². The second kappa shape index (κ2) is 5.59. The predicted molar refractivity (Wildman–Crippen MR) is 61.8 cm³/mol. The van der Waals surface area contributed by atoms with Gasteiger partial charge in [-0.1, -0.05) is 23.4 Å². The molecule has 0 atom stereocenters. The monoisotopic (exact) mass is 242 g/mol. The van der Waals surface area contributed by atoms with Crippen LogP contribution >= 0.6 is 0 Å². The number of benzene rings is 1. The Morgan fingerprint density at radius 2 is 2.17 bits per heavy atom. The van der Waals surface area contributed by atoms with E-state index >= 15 is 0 Å². The number of hydrogen-bond acceptors (Lipinski definition) is 5. The van der Waals surface area contributed by atoms with Gasteiger partial charge in [0.1, 0.15) is 24.6 Å². The Morgan fingerprint density at radius 3 is 2.83 bits per heavy atom. The van der Waals surface area contributed by atoms with Gasteiger partial charge in [0.25, 0.3) is 0 Å². The summed E-state index contributed by atoms with van der Waals surface area (Å²) >= 11 is 0. The van der Waals surface area contributed by atoms with Gasteiger partial charge in [-0.2, -0.15) is 5.26 Å². The van der Waals surface area contributed by atoms with E-state index in [4.69, 9.17) is 10.00 Å². The lowest BCUT2D eigenvalue weighted by Crippen LogP contribution is -2.08. The minimum absolute atomic E-state index is 0.0360. The van der Waals surface area contributed by atoms with E-state index in [2.05, 4.69) is 10.3 Å². The standard InChI is InChI=1S/C12H10N4O2/c13-6-7-16-12(11(8-17)14-15-16)9-18-10-4-2-1-3-5-10/h1-5,8H,7,9H2. The number of aromatic nitrogens is 3. The van der Waals surface area contributed by atoms with Crippen molar-refractivity contribution in [3.63, 3.8) is 0 Å². The highest BCUT2D eigenvalue weighted by molar-refractivity contribution is 5.73. The molecule has 0 N–H and O–H groups in total. The Balaban J connectivity index is 2.15. The summed E-state index contributed by atoms with van der Waals surface area (Å²) < 4.78 is 6.86. The van der Waals surface area contributed by atoms with Crippen molar-refractivity contribution in [1.82, 2.24) is 15.0 Å². The van der Waals surface area contributed by atoms with E-state index in [1.54, 1.807) is 12.1 Å². The van der Waals surface area contributed by atoms with E-state index in [-0.39, 0.29) is 18.8 Å². The summed E-state index contributed by atoms with van der Waals surface area (Å²) in [6.45, 7) is 0.182. The lowest BCUT2D eigenvalue weighted by atomic mass is 10.3. The molecule has 0 unspecified atom stereocenters. The van der Waals surface area contributed by atoms with Gasteiger partial charge in [-0.05, 0) is 12.1 Å². The number of aldehydes is 1. The summed E-state index contributed by atoms with van der Waals surface area (Å²) in [6.07, 6.45) is 0.602. The van der Waals surface area contributed by atoms with Crippen molar-refractivity contribution in [3.8, 4) is 11.8 Å². The van der Waals surface area contributed by atoms with Crippen LogP contribution in [0.3, 0.4) is 0 Å². The van der Waals surface area contributed by atoms with Crippen molar-refractivity contribution in [1.29, 1.82) is 5.26 Å². The normalized spacial score (nSPS) is 9.72. The van der Waals surface area contributed by atoms with Crippen LogP contribution in [0.5, 0.6) is 5.75 Å². The lowest BCUT2D eigenvalue weighted by Gasteiger charge is -2.06. The molecular weight excluding hydrogens is 232 g/mol. The molecule has 0 spiro atoms. The van der Waals surface area contributed by atoms with Gasteiger partial charge in [-0.15, -0.1) is 5.10 Å². The molecule has 2 aromatic rings. The maximum Gasteiger partial charge on any atom is 0.172 e. The largest absolute Gasteiger partial charge is 0.487 e. The Kier molecular flexibility index (Phi) is 3.66. The molecule has 1 aromatic carbocycles. The second-order valence-electron chi connectivity index (χ2n) is 3.46. The van der Waals surface area contributed by atoms with Crippen molar-refractivity contribution < 1.29 is 9.53 Å². The molecule has 1 heterocycles. The third-order valence-electron chi connectivity index (χ3n) is 2.32. The van der Waals surface area contributed by atoms with E-state index in [9.17, 15) is 4.79 Å². The molecule has 0 radical (unpaired) electrons. The first kappa shape index (κ1) is 11.8. The van der Waals surface area contributed by atoms with Gasteiger partial charge in [0.15, 0.2) is 12.0 Å². The summed E-state index contributed by atoms with van der Waals surface area (Å²) in [6, 6.07) is 11.1. The van der Waals surface area contributed by atoms with Crippen LogP contribution in [0, 0.1) is 11.3 Å². The molecule has 0 saturated carbocycles. The van der Waals surface area contributed by atoms with Crippen molar-refractivity contribution in [3.05, 3.63) is 41.7 Å². The minimum atomic E-state index is 0.0360. The molecule has 6 nitrogen and oxygen atoms in total. The Morgan fingerprint density at radius 1 is 1.39 bits per heavy atom. The SMILES string of the molecule is N#CCn1nnc(C=O)c1COc1ccccc1. The van der Waals surface area contributed by atoms with Crippen LogP contribution in [-0.4, -0.2) is 21.3 Å². The van der Waals surface area contributed by atoms with E-state index in [0.29, 0.717) is 17.7 Å². The molecule has 0 aliphatic carbocycles. The molecule has 1 aromatic heterocycles. The Labute approximate surface area is 103 Å². The summed E-state index contributed by atoms with van der Waals surface area (Å²) in [5, 5.41) is 16.0. The molecule has 0 amide bonds. The molecule has 2 rings (SSSR count). The van der Waals surface area contributed by atoms with Crippen molar-refractivity contribution >= 4 is 6.29 Å². The Bertz CT molecular complexity index is 572. The van der Waals surface area contributed by atoms with E-state index in [1.807, 2.05) is 24.3 Å². The molecule has 90 valence electrons. The van der Waals surface area contributed by atoms with Gasteiger partial charge >= 0.3 is 0 Å². The zero-order valence-corrected chi connectivity index (χ0v) is 9.48. The van der Waals surface area contributed by atoms with Crippen LogP contribution < -0.4 is 4.74 Å². The summed E-state index contributed by atoms with van der Waals surface area (Å²) in [7, 11) is 0. The zero-order valence-electron chi connectivity index (χ0n) is 9.48. The molecule has 18 heavy (non-hydrogen) atoms. The van der Waals surface area contributed by atoms with E-state index in [1.165, 1.54) is 4.68 Å². The lowest BCUT2D eigenvalue weighted by molar-refractivity contribution is 0.111. The average molecular weight is 242 g/mol. The Hall–Kier alpha value is -2.68. The maximum atomic E-state index is 10.8. The molecule has 0 bridgehead atoms. The second-order valence-corrected chi connectivity index (χ2v) is 3.46. The smallest absolute Gasteiger partial charge is 0.172 e. The molecular formula is C12H10N4O2. The molecule has 6 heteroatoms. The van der Waals surface area contributed by atoms with Crippen LogP contribution in [0.15, 0.2) is 30.3 Å². The van der Waals surface area contributed by atoms with E-state index < -0.39 is 0 Å². The topological polar surface area (TPSA) is 80.8 Å². The van der Waals surface area contributed by atoms with Crippen LogP contribution in [0.2, 0.25) is 0 Å². The third-order valence-corrected chi connectivity index (χ3v) is 2.32. The molecule has 0 aliphatic heterocycles. The number of nitrogens with zero attached hydrogens (tertiary/aromatic N) is 4. The molecule has 0 saturated heterocycles. The molecule has 0 aliphatic rings. The summed E-state index contributed by atoms with van der Waals surface area (Å²) in [5.41, 5.74) is 0.691. The average Bonchev–Trinajstić information content (AvgIpc) is 2.80. The van der Waals surface area contributed by atoms with Gasteiger partial charge in [-0.25, -0.2) is 4.68 Å². The fourth-order valence-corrected chi connectivity index (χ4v) is 1.45. The van der Waals surface area contributed by atoms with Gasteiger partial charge < -0.3 is 4.74 Å². The van der Waals surface area contributed by atoms with Crippen LogP contribution in [0.25, 0.3) is 0 Å². The van der Waals surface area contributed by atoms with Crippen molar-refractivity contribution in [2.75, 3.05) is 0 Å². The summed E-state index contributed by atoms with van der Waals surface area (Å²) in [4.78, 5) is 10.8. The number of carbonyl (C=O) groups excluding carboxylic acids is 1. The number of rotatable bonds is 5. The molecule has 0 fully saturated rings. The van der Waals surface area contributed by atoms with E-state index in [0.717, 1.165) is 0 Å². The number of hydrogen-bond donors (Lipinski definition) is 0. The van der Waals surface area contributed by atoms with Crippen LogP contribution in [0.4, 0.5) is 0 Å². The first-order valence-electron chi connectivity index (χ1n) is 5.27. The maximum absolute atomic E-state index is 10.8. The number of nitriles is 1. The highest BCUT2D eigenvalue weighted by Gasteiger charge is 2.12. The third kappa shape index (κ3) is 2.52. The number of carbonyl (C=O) groups is 1. The summed E-state index contributed by atoms with van der Waals surface area (Å²) in [5.74, 6) is 0.680. The highest BCUT2D eigenvalue weighted by atomic mass is 16.5. The van der Waals surface area contributed by atoms with Gasteiger partial charge in [0, 0.05) is 0 Å². The van der Waals surface area contributed by atoms with Crippen LogP contribution in [-0.2, 0) is 13.2 Å². The fourth-order valence-electron chi connectivity index (χ4n) is 1.45. The first-order chi connectivity index (χ1) is 8.85. The van der Waals surface area contributed by atoms with Crippen LogP contribution in [0.1, 0.15) is 16.2 Å². The van der Waals surface area contributed by atoms with Gasteiger partial charge in [0.05, 0.1) is 6.07 Å². The predicted octanol–water partition coefficient (Wildman–Crippen LogP) is 1.19. The van der Waals surface area contributed by atoms with Gasteiger partial charge in [-0.3, -0.25) is 4.79 Å². The first-order valence-corrected chi connectivity index (χ1v) is 5.27. The highest BCUT2D eigenvalue weighted by Crippen LogP contribution is 2.12. The quantitative estimate of drug-likeness (QED) is 0.736. The number of para-hydroxylation sites is 1. The fraction of sp³-hybridized carbons (Fsp3) is 0.167. The minimum Gasteiger partial charge on any atom is -0.487 e. The van der Waals surface area contributed by atoms with Crippen molar-refractivity contribution in [2.24, 2.45) is 0 Å².